The number of nitrogen functional groups attached to an aromatic ring is 1. The molecular formula is C21H32ClN3O5. The lowest BCUT2D eigenvalue weighted by Gasteiger charge is -2.33. The van der Waals surface area contributed by atoms with Crippen LogP contribution in [0.1, 0.15) is 43.5 Å². The summed E-state index contributed by atoms with van der Waals surface area (Å²) in [6.45, 7) is 7.92. The van der Waals surface area contributed by atoms with Crippen molar-refractivity contribution in [3.63, 3.8) is 0 Å². The highest BCUT2D eigenvalue weighted by molar-refractivity contribution is 6.33. The first kappa shape index (κ1) is 24.2. The Labute approximate surface area is 183 Å². The zero-order valence-electron chi connectivity index (χ0n) is 17.7. The van der Waals surface area contributed by atoms with Crippen molar-refractivity contribution in [2.24, 2.45) is 0 Å². The van der Waals surface area contributed by atoms with Gasteiger partial charge in [-0.2, -0.15) is 0 Å². The average Bonchev–Trinajstić information content (AvgIpc) is 2.72. The molecule has 0 radical (unpaired) electrons. The van der Waals surface area contributed by atoms with Crippen LogP contribution in [0.25, 0.3) is 0 Å². The molecule has 1 saturated heterocycles. The molecule has 1 aliphatic rings. The van der Waals surface area contributed by atoms with Gasteiger partial charge in [0.2, 0.25) is 0 Å². The molecule has 9 heteroatoms. The second kappa shape index (κ2) is 12.6. The van der Waals surface area contributed by atoms with Gasteiger partial charge in [0.15, 0.2) is 0 Å². The van der Waals surface area contributed by atoms with Crippen molar-refractivity contribution in [2.45, 2.75) is 39.2 Å². The van der Waals surface area contributed by atoms with Crippen molar-refractivity contribution < 1.29 is 23.8 Å². The summed E-state index contributed by atoms with van der Waals surface area (Å²) in [6, 6.07) is 3.09. The number of benzene rings is 1. The lowest BCUT2D eigenvalue weighted by atomic mass is 10.1. The summed E-state index contributed by atoms with van der Waals surface area (Å²) in [4.78, 5) is 26.3. The van der Waals surface area contributed by atoms with Crippen molar-refractivity contribution in [2.75, 3.05) is 51.7 Å². The minimum absolute atomic E-state index is 0.104. The fraction of sp³-hybridized carbons (Fsp3) is 0.619. The number of halogens is 1. The number of ether oxygens (including phenoxy) is 3. The molecule has 1 aliphatic heterocycles. The number of carbonyl (C=O) groups excluding carboxylic acids is 2. The molecule has 8 nitrogen and oxygen atoms in total. The second-order valence-electron chi connectivity index (χ2n) is 7.07. The summed E-state index contributed by atoms with van der Waals surface area (Å²) < 4.78 is 16.2. The molecule has 1 aromatic carbocycles. The van der Waals surface area contributed by atoms with E-state index in [0.717, 1.165) is 32.5 Å². The quantitative estimate of drug-likeness (QED) is 0.309. The van der Waals surface area contributed by atoms with Gasteiger partial charge in [-0.05, 0) is 39.3 Å². The van der Waals surface area contributed by atoms with Crippen LogP contribution < -0.4 is 15.8 Å². The molecule has 0 aliphatic carbocycles. The molecule has 30 heavy (non-hydrogen) atoms. The third-order valence-corrected chi connectivity index (χ3v) is 5.09. The lowest BCUT2D eigenvalue weighted by Crippen LogP contribution is -2.47. The first-order chi connectivity index (χ1) is 14.4. The molecule has 3 N–H and O–H groups in total. The Morgan fingerprint density at radius 3 is 2.83 bits per heavy atom. The van der Waals surface area contributed by atoms with Crippen LogP contribution in [0.2, 0.25) is 5.02 Å². The van der Waals surface area contributed by atoms with Crippen LogP contribution in [0.3, 0.4) is 0 Å². The van der Waals surface area contributed by atoms with Gasteiger partial charge in [0.05, 0.1) is 42.2 Å². The minimum Gasteiger partial charge on any atom is -0.493 e. The summed E-state index contributed by atoms with van der Waals surface area (Å²) >= 11 is 6.07. The van der Waals surface area contributed by atoms with Crippen LogP contribution in [-0.4, -0.2) is 68.9 Å². The number of nitrogens with two attached hydrogens (primary N) is 1. The Morgan fingerprint density at radius 2 is 2.10 bits per heavy atom. The SMILES string of the molecule is CCOC(=O)CCCCN1CCO[C@@H](CNC(=O)c2cc(Cl)c(N)cc2OCC)C1. The molecule has 0 unspecified atom stereocenters. The number of amides is 1. The van der Waals surface area contributed by atoms with Gasteiger partial charge >= 0.3 is 5.97 Å². The molecule has 0 spiro atoms. The number of unbranched alkanes of at least 4 members (excludes halogenated alkanes) is 1. The summed E-state index contributed by atoms with van der Waals surface area (Å²) in [6.07, 6.45) is 2.06. The molecule has 1 amide bonds. The number of esters is 1. The first-order valence-electron chi connectivity index (χ1n) is 10.4. The maximum atomic E-state index is 12.7. The molecular weight excluding hydrogens is 410 g/mol. The Bertz CT molecular complexity index is 716. The second-order valence-corrected chi connectivity index (χ2v) is 7.48. The number of hydrogen-bond donors (Lipinski definition) is 2. The highest BCUT2D eigenvalue weighted by Gasteiger charge is 2.22. The first-order valence-corrected chi connectivity index (χ1v) is 10.8. The Balaban J connectivity index is 1.79. The van der Waals surface area contributed by atoms with Crippen LogP contribution in [0.5, 0.6) is 5.75 Å². The van der Waals surface area contributed by atoms with E-state index in [4.69, 9.17) is 31.5 Å². The van der Waals surface area contributed by atoms with E-state index in [-0.39, 0.29) is 18.0 Å². The van der Waals surface area contributed by atoms with E-state index in [0.29, 0.717) is 54.8 Å². The van der Waals surface area contributed by atoms with Crippen LogP contribution in [-0.2, 0) is 14.3 Å². The molecule has 1 fully saturated rings. The van der Waals surface area contributed by atoms with Gasteiger partial charge in [0.1, 0.15) is 5.75 Å². The summed E-state index contributed by atoms with van der Waals surface area (Å²) in [5.41, 5.74) is 6.53. The van der Waals surface area contributed by atoms with Crippen molar-refractivity contribution in [3.05, 3.63) is 22.7 Å². The van der Waals surface area contributed by atoms with Gasteiger partial charge in [0, 0.05) is 32.1 Å². The van der Waals surface area contributed by atoms with Gasteiger partial charge in [0.25, 0.3) is 5.91 Å². The number of nitrogens with one attached hydrogen (secondary N) is 1. The summed E-state index contributed by atoms with van der Waals surface area (Å²) in [5.74, 6) is -0.0190. The maximum absolute atomic E-state index is 12.7. The predicted octanol–water partition coefficient (Wildman–Crippen LogP) is 2.48. The Morgan fingerprint density at radius 1 is 1.30 bits per heavy atom. The normalized spacial score (nSPS) is 16.8. The number of rotatable bonds is 11. The molecule has 1 atom stereocenters. The highest BCUT2D eigenvalue weighted by Crippen LogP contribution is 2.29. The number of hydrogen-bond acceptors (Lipinski definition) is 7. The van der Waals surface area contributed by atoms with Crippen LogP contribution in [0, 0.1) is 0 Å². The van der Waals surface area contributed by atoms with Crippen LogP contribution >= 0.6 is 11.6 Å². The van der Waals surface area contributed by atoms with Crippen molar-refractivity contribution in [1.82, 2.24) is 10.2 Å². The number of anilines is 1. The molecule has 168 valence electrons. The van der Waals surface area contributed by atoms with Gasteiger partial charge in [-0.3, -0.25) is 14.5 Å². The van der Waals surface area contributed by atoms with E-state index in [9.17, 15) is 9.59 Å². The zero-order valence-corrected chi connectivity index (χ0v) is 18.5. The smallest absolute Gasteiger partial charge is 0.305 e. The van der Waals surface area contributed by atoms with Crippen molar-refractivity contribution in [3.8, 4) is 5.75 Å². The molecule has 1 heterocycles. The monoisotopic (exact) mass is 441 g/mol. The molecule has 2 rings (SSSR count). The standard InChI is InChI=1S/C21H32ClN3O5/c1-3-28-19-12-18(23)17(22)11-16(19)21(27)24-13-15-14-25(9-10-30-15)8-6-5-7-20(26)29-4-2/h11-12,15H,3-10,13-14,23H2,1-2H3,(H,24,27)/t15-/m0/s1. The van der Waals surface area contributed by atoms with Gasteiger partial charge in [-0.15, -0.1) is 0 Å². The van der Waals surface area contributed by atoms with E-state index < -0.39 is 0 Å². The maximum Gasteiger partial charge on any atom is 0.305 e. The zero-order chi connectivity index (χ0) is 21.9. The fourth-order valence-corrected chi connectivity index (χ4v) is 3.43. The topological polar surface area (TPSA) is 103 Å². The lowest BCUT2D eigenvalue weighted by molar-refractivity contribution is -0.143. The molecule has 0 bridgehead atoms. The van der Waals surface area contributed by atoms with E-state index in [2.05, 4.69) is 10.2 Å². The molecule has 0 saturated carbocycles. The summed E-state index contributed by atoms with van der Waals surface area (Å²) in [5, 5.41) is 3.21. The third-order valence-electron chi connectivity index (χ3n) is 4.77. The predicted molar refractivity (Wildman–Crippen MR) is 116 cm³/mol. The van der Waals surface area contributed by atoms with Gasteiger partial charge in [-0.1, -0.05) is 11.6 Å². The minimum atomic E-state index is -0.282. The van der Waals surface area contributed by atoms with E-state index in [1.165, 1.54) is 6.07 Å². The van der Waals surface area contributed by atoms with Gasteiger partial charge < -0.3 is 25.3 Å². The van der Waals surface area contributed by atoms with Crippen LogP contribution in [0.4, 0.5) is 5.69 Å². The molecule has 1 aromatic rings. The van der Waals surface area contributed by atoms with Crippen molar-refractivity contribution >= 4 is 29.2 Å². The average molecular weight is 442 g/mol. The largest absolute Gasteiger partial charge is 0.493 e. The Kier molecular flexibility index (Phi) is 10.2. The number of nitrogens with zero attached hydrogens (tertiary/aromatic N) is 1. The summed E-state index contributed by atoms with van der Waals surface area (Å²) in [7, 11) is 0. The molecule has 0 aromatic heterocycles. The third kappa shape index (κ3) is 7.66. The van der Waals surface area contributed by atoms with Gasteiger partial charge in [-0.25, -0.2) is 0 Å². The van der Waals surface area contributed by atoms with E-state index in [1.807, 2.05) is 13.8 Å². The number of carbonyl (C=O) groups is 2. The number of morpholine rings is 1. The van der Waals surface area contributed by atoms with E-state index >= 15 is 0 Å². The van der Waals surface area contributed by atoms with Crippen LogP contribution in [0.15, 0.2) is 12.1 Å². The van der Waals surface area contributed by atoms with E-state index in [1.54, 1.807) is 6.07 Å². The highest BCUT2D eigenvalue weighted by atomic mass is 35.5. The fourth-order valence-electron chi connectivity index (χ4n) is 3.27. The Hall–Kier alpha value is -2.03. The van der Waals surface area contributed by atoms with Crippen molar-refractivity contribution in [1.29, 1.82) is 0 Å².